The molecule has 0 bridgehead atoms. The molecule has 0 atom stereocenters. The first kappa shape index (κ1) is 13.0. The van der Waals surface area contributed by atoms with Crippen molar-refractivity contribution < 1.29 is 13.2 Å². The Balaban J connectivity index is 2.13. The molecular formula is C13H9BrF3N. The molecule has 0 saturated carbocycles. The molecule has 0 aliphatic carbocycles. The van der Waals surface area contributed by atoms with Crippen molar-refractivity contribution in [2.45, 2.75) is 6.54 Å². The first-order chi connectivity index (χ1) is 8.54. The minimum absolute atomic E-state index is 0.265. The summed E-state index contributed by atoms with van der Waals surface area (Å²) < 4.78 is 39.7. The van der Waals surface area contributed by atoms with Gasteiger partial charge >= 0.3 is 0 Å². The molecule has 0 aliphatic rings. The molecule has 0 unspecified atom stereocenters. The van der Waals surface area contributed by atoms with Crippen LogP contribution < -0.4 is 5.32 Å². The third-order valence-corrected chi connectivity index (χ3v) is 3.13. The number of benzene rings is 2. The van der Waals surface area contributed by atoms with E-state index in [0.29, 0.717) is 11.3 Å². The lowest BCUT2D eigenvalue weighted by Crippen LogP contribution is -2.01. The van der Waals surface area contributed by atoms with E-state index < -0.39 is 11.6 Å². The summed E-state index contributed by atoms with van der Waals surface area (Å²) in [5.41, 5.74) is 0.975. The van der Waals surface area contributed by atoms with Gasteiger partial charge in [-0.3, -0.25) is 0 Å². The average Bonchev–Trinajstić information content (AvgIpc) is 2.29. The molecule has 0 aromatic heterocycles. The smallest absolute Gasteiger partial charge is 0.128 e. The van der Waals surface area contributed by atoms with Gasteiger partial charge in [-0.25, -0.2) is 13.2 Å². The molecule has 5 heteroatoms. The highest BCUT2D eigenvalue weighted by molar-refractivity contribution is 9.10. The fourth-order valence-electron chi connectivity index (χ4n) is 1.53. The molecule has 0 fully saturated rings. The van der Waals surface area contributed by atoms with Gasteiger partial charge in [-0.15, -0.1) is 0 Å². The molecule has 0 heterocycles. The number of anilines is 1. The zero-order valence-electron chi connectivity index (χ0n) is 9.18. The van der Waals surface area contributed by atoms with E-state index in [1.807, 2.05) is 0 Å². The third-order valence-electron chi connectivity index (χ3n) is 2.35. The first-order valence-electron chi connectivity index (χ1n) is 5.18. The quantitative estimate of drug-likeness (QED) is 0.880. The van der Waals surface area contributed by atoms with Crippen molar-refractivity contribution in [3.8, 4) is 0 Å². The van der Waals surface area contributed by atoms with E-state index in [2.05, 4.69) is 21.2 Å². The highest BCUT2D eigenvalue weighted by atomic mass is 79.9. The van der Waals surface area contributed by atoms with Gasteiger partial charge in [-0.1, -0.05) is 15.9 Å². The molecule has 94 valence electrons. The zero-order valence-corrected chi connectivity index (χ0v) is 10.8. The van der Waals surface area contributed by atoms with Gasteiger partial charge in [0, 0.05) is 22.8 Å². The summed E-state index contributed by atoms with van der Waals surface area (Å²) in [6, 6.07) is 7.41. The summed E-state index contributed by atoms with van der Waals surface area (Å²) in [6.45, 7) is 0.265. The molecule has 0 saturated heterocycles. The van der Waals surface area contributed by atoms with Gasteiger partial charge in [0.25, 0.3) is 0 Å². The van der Waals surface area contributed by atoms with E-state index >= 15 is 0 Å². The standard InChI is InChI=1S/C13H9BrF3N/c14-13-2-1-9(15)3-8(13)7-18-12-5-10(16)4-11(17)6-12/h1-6,18H,7H2. The maximum atomic E-state index is 13.0. The second-order valence-electron chi connectivity index (χ2n) is 3.75. The van der Waals surface area contributed by atoms with Crippen LogP contribution in [0.4, 0.5) is 18.9 Å². The summed E-state index contributed by atoms with van der Waals surface area (Å²) >= 11 is 3.28. The number of hydrogen-bond acceptors (Lipinski definition) is 1. The molecule has 2 rings (SSSR count). The summed E-state index contributed by atoms with van der Waals surface area (Å²) in [5, 5.41) is 2.83. The fourth-order valence-corrected chi connectivity index (χ4v) is 1.92. The van der Waals surface area contributed by atoms with E-state index in [1.54, 1.807) is 6.07 Å². The van der Waals surface area contributed by atoms with E-state index in [4.69, 9.17) is 0 Å². The monoisotopic (exact) mass is 315 g/mol. The van der Waals surface area contributed by atoms with Crippen molar-refractivity contribution in [1.82, 2.24) is 0 Å². The van der Waals surface area contributed by atoms with Crippen LogP contribution in [0.25, 0.3) is 0 Å². The zero-order chi connectivity index (χ0) is 13.1. The Hall–Kier alpha value is -1.49. The van der Waals surface area contributed by atoms with E-state index in [9.17, 15) is 13.2 Å². The topological polar surface area (TPSA) is 12.0 Å². The Morgan fingerprint density at radius 3 is 2.22 bits per heavy atom. The molecule has 0 radical (unpaired) electrons. The van der Waals surface area contributed by atoms with Crippen molar-refractivity contribution >= 4 is 21.6 Å². The lowest BCUT2D eigenvalue weighted by Gasteiger charge is -2.08. The van der Waals surface area contributed by atoms with Crippen molar-refractivity contribution in [3.63, 3.8) is 0 Å². The van der Waals surface area contributed by atoms with Crippen molar-refractivity contribution in [2.24, 2.45) is 0 Å². The highest BCUT2D eigenvalue weighted by Crippen LogP contribution is 2.20. The maximum absolute atomic E-state index is 13.0. The highest BCUT2D eigenvalue weighted by Gasteiger charge is 2.04. The van der Waals surface area contributed by atoms with Crippen LogP contribution in [-0.4, -0.2) is 0 Å². The van der Waals surface area contributed by atoms with Crippen LogP contribution in [-0.2, 0) is 6.54 Å². The van der Waals surface area contributed by atoms with E-state index in [-0.39, 0.29) is 12.4 Å². The van der Waals surface area contributed by atoms with Crippen LogP contribution in [0.15, 0.2) is 40.9 Å². The number of nitrogens with one attached hydrogen (secondary N) is 1. The first-order valence-corrected chi connectivity index (χ1v) is 5.98. The summed E-state index contributed by atoms with van der Waals surface area (Å²) in [6.07, 6.45) is 0. The molecule has 1 nitrogen and oxygen atoms in total. The second kappa shape index (κ2) is 5.44. The van der Waals surface area contributed by atoms with Crippen LogP contribution in [0, 0.1) is 17.5 Å². The molecule has 0 amide bonds. The molecule has 2 aromatic carbocycles. The Kier molecular flexibility index (Phi) is 3.91. The summed E-state index contributed by atoms with van der Waals surface area (Å²) in [4.78, 5) is 0. The molecule has 1 N–H and O–H groups in total. The van der Waals surface area contributed by atoms with Crippen LogP contribution in [0.2, 0.25) is 0 Å². The normalized spacial score (nSPS) is 10.4. The Labute approximate surface area is 111 Å². The molecule has 0 spiro atoms. The minimum atomic E-state index is -0.657. The maximum Gasteiger partial charge on any atom is 0.128 e. The van der Waals surface area contributed by atoms with Gasteiger partial charge in [-0.05, 0) is 35.9 Å². The van der Waals surface area contributed by atoms with Gasteiger partial charge in [-0.2, -0.15) is 0 Å². The molecule has 0 aliphatic heterocycles. The minimum Gasteiger partial charge on any atom is -0.381 e. The summed E-state index contributed by atoms with van der Waals surface area (Å²) in [7, 11) is 0. The molecule has 2 aromatic rings. The average molecular weight is 316 g/mol. The van der Waals surface area contributed by atoms with Crippen LogP contribution >= 0.6 is 15.9 Å². The SMILES string of the molecule is Fc1cc(F)cc(NCc2cc(F)ccc2Br)c1. The predicted molar refractivity (Wildman–Crippen MR) is 67.8 cm³/mol. The van der Waals surface area contributed by atoms with Crippen LogP contribution in [0.5, 0.6) is 0 Å². The summed E-state index contributed by atoms with van der Waals surface area (Å²) in [5.74, 6) is -1.67. The predicted octanol–water partition coefficient (Wildman–Crippen LogP) is 4.48. The van der Waals surface area contributed by atoms with Crippen molar-refractivity contribution in [1.29, 1.82) is 0 Å². The lowest BCUT2D eigenvalue weighted by atomic mass is 10.2. The molecule has 18 heavy (non-hydrogen) atoms. The third kappa shape index (κ3) is 3.26. The second-order valence-corrected chi connectivity index (χ2v) is 4.60. The lowest BCUT2D eigenvalue weighted by molar-refractivity contribution is 0.584. The van der Waals surface area contributed by atoms with Gasteiger partial charge < -0.3 is 5.32 Å². The van der Waals surface area contributed by atoms with E-state index in [0.717, 1.165) is 10.5 Å². The Morgan fingerprint density at radius 2 is 1.56 bits per heavy atom. The van der Waals surface area contributed by atoms with Crippen molar-refractivity contribution in [2.75, 3.05) is 5.32 Å². The van der Waals surface area contributed by atoms with Gasteiger partial charge in [0.05, 0.1) is 0 Å². The fraction of sp³-hybridized carbons (Fsp3) is 0.0769. The van der Waals surface area contributed by atoms with E-state index in [1.165, 1.54) is 24.3 Å². The van der Waals surface area contributed by atoms with Gasteiger partial charge in [0.15, 0.2) is 0 Å². The molecular weight excluding hydrogens is 307 g/mol. The van der Waals surface area contributed by atoms with Gasteiger partial charge in [0.1, 0.15) is 17.5 Å². The van der Waals surface area contributed by atoms with Crippen LogP contribution in [0.3, 0.4) is 0 Å². The number of halogens is 4. The van der Waals surface area contributed by atoms with Gasteiger partial charge in [0.2, 0.25) is 0 Å². The van der Waals surface area contributed by atoms with Crippen molar-refractivity contribution in [3.05, 3.63) is 63.9 Å². The Morgan fingerprint density at radius 1 is 0.889 bits per heavy atom. The largest absolute Gasteiger partial charge is 0.381 e. The Bertz CT molecular complexity index is 552. The van der Waals surface area contributed by atoms with Crippen LogP contribution in [0.1, 0.15) is 5.56 Å². The number of hydrogen-bond donors (Lipinski definition) is 1. The number of rotatable bonds is 3.